The summed E-state index contributed by atoms with van der Waals surface area (Å²) in [6, 6.07) is 0.388. The monoisotopic (exact) mass is 227 g/mol. The van der Waals surface area contributed by atoms with E-state index in [0.717, 1.165) is 19.5 Å². The highest BCUT2D eigenvalue weighted by Crippen LogP contribution is 2.25. The van der Waals surface area contributed by atoms with Gasteiger partial charge in [-0.15, -0.1) is 0 Å². The molecule has 1 saturated heterocycles. The molecule has 1 amide bonds. The van der Waals surface area contributed by atoms with Gasteiger partial charge >= 0.3 is 0 Å². The molecule has 0 aromatic carbocycles. The lowest BCUT2D eigenvalue weighted by Crippen LogP contribution is -2.67. The molecule has 1 atom stereocenters. The second kappa shape index (κ2) is 5.15. The van der Waals surface area contributed by atoms with E-state index in [1.165, 1.54) is 0 Å². The molecule has 0 aromatic rings. The molecule has 1 aliphatic heterocycles. The van der Waals surface area contributed by atoms with Crippen molar-refractivity contribution >= 4 is 5.91 Å². The first-order valence-corrected chi connectivity index (χ1v) is 6.11. The van der Waals surface area contributed by atoms with Crippen molar-refractivity contribution in [1.82, 2.24) is 15.5 Å². The lowest BCUT2D eigenvalue weighted by Gasteiger charge is -2.49. The number of nitrogens with one attached hydrogen (secondary N) is 2. The van der Waals surface area contributed by atoms with E-state index in [4.69, 9.17) is 0 Å². The van der Waals surface area contributed by atoms with E-state index in [0.29, 0.717) is 6.04 Å². The molecule has 0 radical (unpaired) electrons. The van der Waals surface area contributed by atoms with Crippen LogP contribution in [0.4, 0.5) is 0 Å². The van der Waals surface area contributed by atoms with Gasteiger partial charge in [-0.05, 0) is 47.7 Å². The van der Waals surface area contributed by atoms with E-state index in [1.54, 1.807) is 0 Å². The van der Waals surface area contributed by atoms with Crippen LogP contribution in [0.3, 0.4) is 0 Å². The SMILES string of the molecule is CNCCC1C(=O)NCC(C)(C)N1C(C)C. The van der Waals surface area contributed by atoms with E-state index < -0.39 is 0 Å². The predicted molar refractivity (Wildman–Crippen MR) is 66.4 cm³/mol. The maximum Gasteiger partial charge on any atom is 0.237 e. The van der Waals surface area contributed by atoms with E-state index in [1.807, 2.05) is 7.05 Å². The number of amides is 1. The molecule has 1 unspecified atom stereocenters. The van der Waals surface area contributed by atoms with Crippen LogP contribution >= 0.6 is 0 Å². The van der Waals surface area contributed by atoms with E-state index in [-0.39, 0.29) is 17.5 Å². The largest absolute Gasteiger partial charge is 0.353 e. The van der Waals surface area contributed by atoms with Crippen molar-refractivity contribution in [2.45, 2.75) is 51.7 Å². The smallest absolute Gasteiger partial charge is 0.237 e. The van der Waals surface area contributed by atoms with Gasteiger partial charge < -0.3 is 10.6 Å². The minimum Gasteiger partial charge on any atom is -0.353 e. The van der Waals surface area contributed by atoms with Gasteiger partial charge in [0.2, 0.25) is 5.91 Å². The van der Waals surface area contributed by atoms with Crippen molar-refractivity contribution in [3.05, 3.63) is 0 Å². The molecule has 1 heterocycles. The Hall–Kier alpha value is -0.610. The third kappa shape index (κ3) is 2.74. The number of carbonyl (C=O) groups is 1. The Morgan fingerprint density at radius 1 is 1.56 bits per heavy atom. The topological polar surface area (TPSA) is 44.4 Å². The summed E-state index contributed by atoms with van der Waals surface area (Å²) in [5.41, 5.74) is 0.0421. The Morgan fingerprint density at radius 3 is 2.69 bits per heavy atom. The van der Waals surface area contributed by atoms with Gasteiger partial charge in [0, 0.05) is 18.1 Å². The third-order valence-corrected chi connectivity index (χ3v) is 3.26. The standard InChI is InChI=1S/C12H25N3O/c1-9(2)15-10(6-7-13-5)11(16)14-8-12(15,3)4/h9-10,13H,6-8H2,1-5H3,(H,14,16). The highest BCUT2D eigenvalue weighted by Gasteiger charge is 2.41. The molecule has 0 aliphatic carbocycles. The van der Waals surface area contributed by atoms with E-state index >= 15 is 0 Å². The van der Waals surface area contributed by atoms with Crippen LogP contribution in [0.5, 0.6) is 0 Å². The maximum absolute atomic E-state index is 11.9. The summed E-state index contributed by atoms with van der Waals surface area (Å²) in [7, 11) is 1.92. The molecular formula is C12H25N3O. The van der Waals surface area contributed by atoms with Gasteiger partial charge in [0.05, 0.1) is 6.04 Å². The van der Waals surface area contributed by atoms with Crippen LogP contribution in [0.15, 0.2) is 0 Å². The summed E-state index contributed by atoms with van der Waals surface area (Å²) in [6.45, 7) is 10.3. The van der Waals surface area contributed by atoms with Crippen LogP contribution in [0.2, 0.25) is 0 Å². The molecule has 1 rings (SSSR count). The molecule has 0 aromatic heterocycles. The minimum atomic E-state index is -0.00352. The van der Waals surface area contributed by atoms with E-state index in [9.17, 15) is 4.79 Å². The van der Waals surface area contributed by atoms with Crippen LogP contribution in [0.1, 0.15) is 34.1 Å². The van der Waals surface area contributed by atoms with Gasteiger partial charge in [0.15, 0.2) is 0 Å². The average Bonchev–Trinajstić information content (AvgIpc) is 2.18. The Labute approximate surface area is 98.8 Å². The Morgan fingerprint density at radius 2 is 2.19 bits per heavy atom. The summed E-state index contributed by atoms with van der Waals surface area (Å²) in [5, 5.41) is 6.12. The highest BCUT2D eigenvalue weighted by molar-refractivity contribution is 5.82. The van der Waals surface area contributed by atoms with Crippen molar-refractivity contribution in [2.24, 2.45) is 0 Å². The van der Waals surface area contributed by atoms with Crippen molar-refractivity contribution in [3.63, 3.8) is 0 Å². The van der Waals surface area contributed by atoms with Crippen LogP contribution in [0, 0.1) is 0 Å². The zero-order valence-electron chi connectivity index (χ0n) is 11.1. The normalized spacial score (nSPS) is 25.9. The number of hydrogen-bond acceptors (Lipinski definition) is 3. The molecule has 1 fully saturated rings. The molecular weight excluding hydrogens is 202 g/mol. The highest BCUT2D eigenvalue weighted by atomic mass is 16.2. The lowest BCUT2D eigenvalue weighted by atomic mass is 9.92. The van der Waals surface area contributed by atoms with Crippen LogP contribution in [-0.2, 0) is 4.79 Å². The maximum atomic E-state index is 11.9. The van der Waals surface area contributed by atoms with Crippen molar-refractivity contribution in [3.8, 4) is 0 Å². The Kier molecular flexibility index (Phi) is 4.33. The quantitative estimate of drug-likeness (QED) is 0.738. The number of rotatable bonds is 4. The average molecular weight is 227 g/mol. The van der Waals surface area contributed by atoms with Crippen molar-refractivity contribution in [1.29, 1.82) is 0 Å². The lowest BCUT2D eigenvalue weighted by molar-refractivity contribution is -0.136. The number of piperazine rings is 1. The molecule has 1 aliphatic rings. The van der Waals surface area contributed by atoms with Gasteiger partial charge in [0.1, 0.15) is 0 Å². The van der Waals surface area contributed by atoms with Gasteiger partial charge in [-0.3, -0.25) is 9.69 Å². The Balaban J connectivity index is 2.84. The zero-order chi connectivity index (χ0) is 12.3. The van der Waals surface area contributed by atoms with Crippen LogP contribution in [0.25, 0.3) is 0 Å². The minimum absolute atomic E-state index is 0.00352. The summed E-state index contributed by atoms with van der Waals surface area (Å²) in [6.07, 6.45) is 0.865. The first kappa shape index (κ1) is 13.5. The molecule has 4 nitrogen and oxygen atoms in total. The van der Waals surface area contributed by atoms with Gasteiger partial charge in [-0.2, -0.15) is 0 Å². The molecule has 2 N–H and O–H groups in total. The second-order valence-corrected chi connectivity index (χ2v) is 5.44. The fourth-order valence-electron chi connectivity index (χ4n) is 2.67. The molecule has 94 valence electrons. The zero-order valence-corrected chi connectivity index (χ0v) is 11.1. The fraction of sp³-hybridized carbons (Fsp3) is 0.917. The fourth-order valence-corrected chi connectivity index (χ4v) is 2.67. The van der Waals surface area contributed by atoms with Gasteiger partial charge in [-0.25, -0.2) is 0 Å². The summed E-state index contributed by atoms with van der Waals surface area (Å²) in [4.78, 5) is 14.3. The van der Waals surface area contributed by atoms with Crippen molar-refractivity contribution < 1.29 is 4.79 Å². The summed E-state index contributed by atoms with van der Waals surface area (Å²) < 4.78 is 0. The number of nitrogens with zero attached hydrogens (tertiary/aromatic N) is 1. The summed E-state index contributed by atoms with van der Waals surface area (Å²) >= 11 is 0. The van der Waals surface area contributed by atoms with Crippen molar-refractivity contribution in [2.75, 3.05) is 20.1 Å². The molecule has 4 heteroatoms. The first-order chi connectivity index (χ1) is 7.40. The number of carbonyl (C=O) groups excluding carboxylic acids is 1. The number of hydrogen-bond donors (Lipinski definition) is 2. The Bertz CT molecular complexity index is 251. The van der Waals surface area contributed by atoms with Gasteiger partial charge in [-0.1, -0.05) is 0 Å². The second-order valence-electron chi connectivity index (χ2n) is 5.44. The van der Waals surface area contributed by atoms with Crippen LogP contribution < -0.4 is 10.6 Å². The summed E-state index contributed by atoms with van der Waals surface area (Å²) in [5.74, 6) is 0.170. The third-order valence-electron chi connectivity index (χ3n) is 3.26. The van der Waals surface area contributed by atoms with E-state index in [2.05, 4.69) is 43.2 Å². The molecule has 16 heavy (non-hydrogen) atoms. The molecule has 0 bridgehead atoms. The van der Waals surface area contributed by atoms with Crippen LogP contribution in [-0.4, -0.2) is 48.6 Å². The molecule has 0 spiro atoms. The predicted octanol–water partition coefficient (Wildman–Crippen LogP) is 0.583. The first-order valence-electron chi connectivity index (χ1n) is 6.11. The van der Waals surface area contributed by atoms with Gasteiger partial charge in [0.25, 0.3) is 0 Å². The molecule has 0 saturated carbocycles.